The van der Waals surface area contributed by atoms with Gasteiger partial charge in [-0.2, -0.15) is 5.10 Å². The summed E-state index contributed by atoms with van der Waals surface area (Å²) in [6.07, 6.45) is 2.36. The lowest BCUT2D eigenvalue weighted by Crippen LogP contribution is -2.38. The van der Waals surface area contributed by atoms with Crippen LogP contribution in [0.4, 0.5) is 0 Å². The van der Waals surface area contributed by atoms with Gasteiger partial charge in [-0.05, 0) is 31.7 Å². The molecule has 2 aromatic heterocycles. The summed E-state index contributed by atoms with van der Waals surface area (Å²) in [5.41, 5.74) is 1.000. The molecule has 1 amide bonds. The number of hydrogen-bond acceptors (Lipinski definition) is 3. The van der Waals surface area contributed by atoms with Gasteiger partial charge in [0.15, 0.2) is 0 Å². The first-order valence-corrected chi connectivity index (χ1v) is 7.60. The molecule has 0 N–H and O–H groups in total. The van der Waals surface area contributed by atoms with Crippen molar-refractivity contribution in [2.45, 2.75) is 26.7 Å². The number of hydrogen-bond donors (Lipinski definition) is 0. The topological polar surface area (TPSA) is 38.1 Å². The van der Waals surface area contributed by atoms with Gasteiger partial charge in [-0.15, -0.1) is 11.3 Å². The van der Waals surface area contributed by atoms with Gasteiger partial charge in [0.1, 0.15) is 4.83 Å². The van der Waals surface area contributed by atoms with E-state index < -0.39 is 0 Å². The van der Waals surface area contributed by atoms with E-state index in [1.165, 1.54) is 6.42 Å². The molecule has 0 spiro atoms. The van der Waals surface area contributed by atoms with E-state index in [0.717, 1.165) is 40.3 Å². The Bertz CT molecular complexity index is 593. The van der Waals surface area contributed by atoms with E-state index in [1.54, 1.807) is 11.3 Å². The molecule has 1 saturated heterocycles. The highest BCUT2D eigenvalue weighted by molar-refractivity contribution is 7.20. The maximum atomic E-state index is 12.5. The van der Waals surface area contributed by atoms with Gasteiger partial charge < -0.3 is 4.90 Å². The molecular formula is C14H19N3OS. The van der Waals surface area contributed by atoms with Crippen LogP contribution in [0.2, 0.25) is 0 Å². The molecule has 0 aromatic carbocycles. The molecule has 1 aliphatic heterocycles. The summed E-state index contributed by atoms with van der Waals surface area (Å²) in [5.74, 6) is 0.808. The maximum absolute atomic E-state index is 12.5. The molecule has 5 heteroatoms. The van der Waals surface area contributed by atoms with Gasteiger partial charge in [0, 0.05) is 25.5 Å². The minimum Gasteiger partial charge on any atom is -0.338 e. The molecule has 0 saturated carbocycles. The zero-order valence-electron chi connectivity index (χ0n) is 11.6. The Hall–Kier alpha value is -1.36. The van der Waals surface area contributed by atoms with Gasteiger partial charge in [-0.3, -0.25) is 9.48 Å². The van der Waals surface area contributed by atoms with Crippen LogP contribution in [0.15, 0.2) is 6.07 Å². The Labute approximate surface area is 117 Å². The Balaban J connectivity index is 1.91. The molecule has 3 rings (SSSR count). The number of amides is 1. The quantitative estimate of drug-likeness (QED) is 0.804. The maximum Gasteiger partial charge on any atom is 0.264 e. The minimum atomic E-state index is 0.187. The lowest BCUT2D eigenvalue weighted by atomic mass is 10.0. The zero-order valence-corrected chi connectivity index (χ0v) is 12.5. The number of rotatable bonds is 1. The van der Waals surface area contributed by atoms with Crippen LogP contribution in [-0.4, -0.2) is 33.7 Å². The lowest BCUT2D eigenvalue weighted by molar-refractivity contribution is 0.0688. The third kappa shape index (κ3) is 2.16. The van der Waals surface area contributed by atoms with Crippen molar-refractivity contribution in [3.8, 4) is 0 Å². The highest BCUT2D eigenvalue weighted by Crippen LogP contribution is 2.29. The second-order valence-corrected chi connectivity index (χ2v) is 6.57. The van der Waals surface area contributed by atoms with E-state index in [4.69, 9.17) is 0 Å². The summed E-state index contributed by atoms with van der Waals surface area (Å²) in [5, 5.41) is 5.49. The van der Waals surface area contributed by atoms with Gasteiger partial charge in [-0.25, -0.2) is 0 Å². The van der Waals surface area contributed by atoms with E-state index in [1.807, 2.05) is 29.6 Å². The van der Waals surface area contributed by atoms with Crippen LogP contribution < -0.4 is 0 Å². The second kappa shape index (κ2) is 4.63. The van der Waals surface area contributed by atoms with Crippen LogP contribution in [0.25, 0.3) is 10.2 Å². The van der Waals surface area contributed by atoms with Gasteiger partial charge in [-0.1, -0.05) is 6.92 Å². The number of carbonyl (C=O) groups excluding carboxylic acids is 1. The monoisotopic (exact) mass is 277 g/mol. The van der Waals surface area contributed by atoms with Crippen LogP contribution in [0.5, 0.6) is 0 Å². The summed E-state index contributed by atoms with van der Waals surface area (Å²) in [6, 6.07) is 2.00. The van der Waals surface area contributed by atoms with Gasteiger partial charge >= 0.3 is 0 Å². The summed E-state index contributed by atoms with van der Waals surface area (Å²) in [7, 11) is 1.93. The van der Waals surface area contributed by atoms with Crippen LogP contribution in [0, 0.1) is 12.8 Å². The molecule has 0 aliphatic carbocycles. The van der Waals surface area contributed by atoms with Gasteiger partial charge in [0.2, 0.25) is 0 Å². The molecule has 0 radical (unpaired) electrons. The second-order valence-electron chi connectivity index (χ2n) is 5.54. The van der Waals surface area contributed by atoms with E-state index >= 15 is 0 Å². The highest BCUT2D eigenvalue weighted by atomic mass is 32.1. The summed E-state index contributed by atoms with van der Waals surface area (Å²) < 4.78 is 1.87. The van der Waals surface area contributed by atoms with Crippen molar-refractivity contribution >= 4 is 27.5 Å². The number of piperidine rings is 1. The zero-order chi connectivity index (χ0) is 13.6. The average molecular weight is 277 g/mol. The molecule has 0 bridgehead atoms. The van der Waals surface area contributed by atoms with Crippen LogP contribution >= 0.6 is 11.3 Å². The third-order valence-corrected chi connectivity index (χ3v) is 5.04. The highest BCUT2D eigenvalue weighted by Gasteiger charge is 2.24. The molecule has 1 fully saturated rings. The molecule has 4 nitrogen and oxygen atoms in total. The van der Waals surface area contributed by atoms with Gasteiger partial charge in [0.05, 0.1) is 10.6 Å². The molecule has 3 heterocycles. The predicted octanol–water partition coefficient (Wildman–Crippen LogP) is 2.82. The number of carbonyl (C=O) groups is 1. The average Bonchev–Trinajstić information content (AvgIpc) is 2.92. The fraction of sp³-hybridized carbons (Fsp3) is 0.571. The van der Waals surface area contributed by atoms with Crippen LogP contribution in [0.1, 0.15) is 35.1 Å². The van der Waals surface area contributed by atoms with Crippen molar-refractivity contribution in [1.29, 1.82) is 0 Å². The Morgan fingerprint density at radius 1 is 1.53 bits per heavy atom. The largest absolute Gasteiger partial charge is 0.338 e. The fourth-order valence-corrected chi connectivity index (χ4v) is 3.93. The Morgan fingerprint density at radius 3 is 3.00 bits per heavy atom. The smallest absolute Gasteiger partial charge is 0.264 e. The molecule has 102 valence electrons. The molecule has 1 atom stereocenters. The first-order valence-electron chi connectivity index (χ1n) is 6.78. The number of nitrogens with zero attached hydrogens (tertiary/aromatic N) is 3. The van der Waals surface area contributed by atoms with Crippen molar-refractivity contribution in [3.05, 3.63) is 16.6 Å². The van der Waals surface area contributed by atoms with Crippen molar-refractivity contribution in [2.24, 2.45) is 13.0 Å². The SMILES string of the molecule is Cc1nn(C)c2sc(C(=O)N3CCCC(C)C3)cc12. The normalized spacial score (nSPS) is 20.2. The fourth-order valence-electron chi connectivity index (χ4n) is 2.84. The number of thiophene rings is 1. The summed E-state index contributed by atoms with van der Waals surface area (Å²) in [6.45, 7) is 6.00. The van der Waals surface area contributed by atoms with Crippen molar-refractivity contribution in [2.75, 3.05) is 13.1 Å². The predicted molar refractivity (Wildman–Crippen MR) is 77.6 cm³/mol. The Kier molecular flexibility index (Phi) is 3.09. The van der Waals surface area contributed by atoms with Crippen LogP contribution in [-0.2, 0) is 7.05 Å². The standard InChI is InChI=1S/C14H19N3OS/c1-9-5-4-6-17(8-9)13(18)12-7-11-10(2)15-16(3)14(11)19-12/h7,9H,4-6,8H2,1-3H3. The van der Waals surface area contributed by atoms with E-state index in [-0.39, 0.29) is 5.91 Å². The molecule has 19 heavy (non-hydrogen) atoms. The minimum absolute atomic E-state index is 0.187. The molecular weight excluding hydrogens is 258 g/mol. The first-order chi connectivity index (χ1) is 9.06. The van der Waals surface area contributed by atoms with E-state index in [2.05, 4.69) is 12.0 Å². The number of likely N-dealkylation sites (tertiary alicyclic amines) is 1. The third-order valence-electron chi connectivity index (χ3n) is 3.85. The summed E-state index contributed by atoms with van der Waals surface area (Å²) >= 11 is 1.56. The van der Waals surface area contributed by atoms with Crippen molar-refractivity contribution in [3.63, 3.8) is 0 Å². The van der Waals surface area contributed by atoms with Crippen molar-refractivity contribution < 1.29 is 4.79 Å². The lowest BCUT2D eigenvalue weighted by Gasteiger charge is -2.30. The number of aromatic nitrogens is 2. The van der Waals surface area contributed by atoms with Gasteiger partial charge in [0.25, 0.3) is 5.91 Å². The molecule has 1 aliphatic rings. The summed E-state index contributed by atoms with van der Waals surface area (Å²) in [4.78, 5) is 16.5. The number of fused-ring (bicyclic) bond motifs is 1. The van der Waals surface area contributed by atoms with Crippen molar-refractivity contribution in [1.82, 2.24) is 14.7 Å². The molecule has 1 unspecified atom stereocenters. The van der Waals surface area contributed by atoms with E-state index in [9.17, 15) is 4.79 Å². The molecule has 2 aromatic rings. The first kappa shape index (κ1) is 12.7. The number of aryl methyl sites for hydroxylation is 2. The van der Waals surface area contributed by atoms with Crippen LogP contribution in [0.3, 0.4) is 0 Å². The van der Waals surface area contributed by atoms with E-state index in [0.29, 0.717) is 5.92 Å². The Morgan fingerprint density at radius 2 is 2.32 bits per heavy atom.